The Balaban J connectivity index is 2.25. The van der Waals surface area contributed by atoms with Gasteiger partial charge in [0, 0.05) is 12.1 Å². The number of rotatable bonds is 5. The van der Waals surface area contributed by atoms with Crippen LogP contribution in [0.5, 0.6) is 11.5 Å². The van der Waals surface area contributed by atoms with Gasteiger partial charge in [-0.25, -0.2) is 13.1 Å². The predicted molar refractivity (Wildman–Crippen MR) is 73.5 cm³/mol. The van der Waals surface area contributed by atoms with Crippen molar-refractivity contribution >= 4 is 10.0 Å². The van der Waals surface area contributed by atoms with Crippen molar-refractivity contribution in [2.24, 2.45) is 5.92 Å². The minimum absolute atomic E-state index is 0.00742. The first-order valence-corrected chi connectivity index (χ1v) is 7.95. The molecule has 0 fully saturated rings. The third kappa shape index (κ3) is 3.23. The van der Waals surface area contributed by atoms with E-state index in [4.69, 9.17) is 9.47 Å². The summed E-state index contributed by atoms with van der Waals surface area (Å²) in [6.07, 6.45) is 0. The first-order chi connectivity index (χ1) is 9.44. The Morgan fingerprint density at radius 3 is 2.50 bits per heavy atom. The van der Waals surface area contributed by atoms with E-state index in [2.05, 4.69) is 4.72 Å². The first-order valence-electron chi connectivity index (χ1n) is 6.47. The average Bonchev–Trinajstić information content (AvgIpc) is 2.44. The van der Waals surface area contributed by atoms with Crippen LogP contribution in [0.15, 0.2) is 23.1 Å². The zero-order valence-electron chi connectivity index (χ0n) is 11.5. The molecular weight excluding hydrogens is 282 g/mol. The molecule has 1 unspecified atom stereocenters. The van der Waals surface area contributed by atoms with Crippen LogP contribution in [0, 0.1) is 5.92 Å². The van der Waals surface area contributed by atoms with E-state index in [-0.39, 0.29) is 17.4 Å². The normalized spacial score (nSPS) is 16.2. The summed E-state index contributed by atoms with van der Waals surface area (Å²) in [5.41, 5.74) is 0. The number of aliphatic hydroxyl groups is 1. The number of hydrogen-bond acceptors (Lipinski definition) is 5. The van der Waals surface area contributed by atoms with Crippen LogP contribution < -0.4 is 14.2 Å². The Bertz CT molecular complexity index is 570. The second-order valence-electron chi connectivity index (χ2n) is 4.96. The summed E-state index contributed by atoms with van der Waals surface area (Å²) < 4.78 is 37.8. The molecule has 1 atom stereocenters. The summed E-state index contributed by atoms with van der Waals surface area (Å²) in [7, 11) is -3.70. The highest BCUT2D eigenvalue weighted by atomic mass is 32.2. The number of nitrogens with one attached hydrogen (secondary N) is 1. The van der Waals surface area contributed by atoms with Crippen LogP contribution in [0.1, 0.15) is 13.8 Å². The lowest BCUT2D eigenvalue weighted by molar-refractivity contribution is 0.171. The number of benzene rings is 1. The molecule has 0 saturated heterocycles. The molecule has 1 aromatic rings. The molecule has 0 aliphatic carbocycles. The maximum Gasteiger partial charge on any atom is 0.241 e. The maximum atomic E-state index is 12.3. The largest absolute Gasteiger partial charge is 0.486 e. The Hall–Kier alpha value is -1.31. The summed E-state index contributed by atoms with van der Waals surface area (Å²) in [4.78, 5) is 0.0980. The Labute approximate surface area is 118 Å². The smallest absolute Gasteiger partial charge is 0.241 e. The molecule has 20 heavy (non-hydrogen) atoms. The second-order valence-corrected chi connectivity index (χ2v) is 6.67. The van der Waals surface area contributed by atoms with Crippen molar-refractivity contribution in [3.8, 4) is 11.5 Å². The van der Waals surface area contributed by atoms with Gasteiger partial charge < -0.3 is 14.6 Å². The summed E-state index contributed by atoms with van der Waals surface area (Å²) in [5.74, 6) is 0.953. The average molecular weight is 301 g/mol. The summed E-state index contributed by atoms with van der Waals surface area (Å²) in [6, 6.07) is 3.95. The SMILES string of the molecule is CC(C)C(CO)NS(=O)(=O)c1ccc2c(c1)OCCO2. The fraction of sp³-hybridized carbons (Fsp3) is 0.538. The minimum atomic E-state index is -3.70. The third-order valence-corrected chi connectivity index (χ3v) is 4.62. The zero-order chi connectivity index (χ0) is 14.8. The molecule has 6 nitrogen and oxygen atoms in total. The Kier molecular flexibility index (Phi) is 4.52. The fourth-order valence-corrected chi connectivity index (χ4v) is 3.23. The summed E-state index contributed by atoms with van der Waals surface area (Å²) >= 11 is 0. The van der Waals surface area contributed by atoms with Crippen molar-refractivity contribution in [3.63, 3.8) is 0 Å². The molecule has 2 N–H and O–H groups in total. The second kappa shape index (κ2) is 5.99. The Morgan fingerprint density at radius 1 is 1.25 bits per heavy atom. The molecule has 1 aromatic carbocycles. The van der Waals surface area contributed by atoms with Crippen LogP contribution in [0.25, 0.3) is 0 Å². The van der Waals surface area contributed by atoms with Crippen LogP contribution >= 0.6 is 0 Å². The quantitative estimate of drug-likeness (QED) is 0.838. The van der Waals surface area contributed by atoms with E-state index in [1.807, 2.05) is 13.8 Å². The number of hydrogen-bond donors (Lipinski definition) is 2. The lowest BCUT2D eigenvalue weighted by Crippen LogP contribution is -2.41. The van der Waals surface area contributed by atoms with Crippen molar-refractivity contribution in [1.29, 1.82) is 0 Å². The molecule has 0 spiro atoms. The van der Waals surface area contributed by atoms with Crippen molar-refractivity contribution in [2.45, 2.75) is 24.8 Å². The topological polar surface area (TPSA) is 84.9 Å². The van der Waals surface area contributed by atoms with E-state index >= 15 is 0 Å². The van der Waals surface area contributed by atoms with Gasteiger partial charge in [0.1, 0.15) is 13.2 Å². The molecule has 1 heterocycles. The van der Waals surface area contributed by atoms with Crippen molar-refractivity contribution < 1.29 is 23.0 Å². The number of ether oxygens (including phenoxy) is 2. The maximum absolute atomic E-state index is 12.3. The first kappa shape index (κ1) is 15.1. The highest BCUT2D eigenvalue weighted by Gasteiger charge is 2.24. The number of aliphatic hydroxyl groups excluding tert-OH is 1. The number of fused-ring (bicyclic) bond motifs is 1. The van der Waals surface area contributed by atoms with Crippen LogP contribution in [-0.2, 0) is 10.0 Å². The van der Waals surface area contributed by atoms with Crippen molar-refractivity contribution in [3.05, 3.63) is 18.2 Å². The molecular formula is C13H19NO5S. The van der Waals surface area contributed by atoms with Gasteiger partial charge in [0.25, 0.3) is 0 Å². The van der Waals surface area contributed by atoms with Gasteiger partial charge in [0.2, 0.25) is 10.0 Å². The molecule has 0 saturated carbocycles. The molecule has 0 aromatic heterocycles. The minimum Gasteiger partial charge on any atom is -0.486 e. The van der Waals surface area contributed by atoms with Crippen LogP contribution in [0.4, 0.5) is 0 Å². The molecule has 0 radical (unpaired) electrons. The summed E-state index contributed by atoms with van der Waals surface area (Å²) in [6.45, 7) is 4.29. The predicted octanol–water partition coefficient (Wildman–Crippen LogP) is 0.753. The van der Waals surface area contributed by atoms with E-state index in [9.17, 15) is 13.5 Å². The van der Waals surface area contributed by atoms with Gasteiger partial charge in [-0.15, -0.1) is 0 Å². The van der Waals surface area contributed by atoms with E-state index < -0.39 is 16.1 Å². The highest BCUT2D eigenvalue weighted by molar-refractivity contribution is 7.89. The molecule has 0 amide bonds. The van der Waals surface area contributed by atoms with E-state index in [1.54, 1.807) is 6.07 Å². The van der Waals surface area contributed by atoms with Gasteiger partial charge in [-0.2, -0.15) is 0 Å². The van der Waals surface area contributed by atoms with E-state index in [0.717, 1.165) is 0 Å². The number of sulfonamides is 1. The van der Waals surface area contributed by atoms with Gasteiger partial charge in [-0.1, -0.05) is 13.8 Å². The van der Waals surface area contributed by atoms with E-state index in [0.29, 0.717) is 24.7 Å². The van der Waals surface area contributed by atoms with Gasteiger partial charge >= 0.3 is 0 Å². The van der Waals surface area contributed by atoms with Crippen LogP contribution in [0.3, 0.4) is 0 Å². The Morgan fingerprint density at radius 2 is 1.90 bits per heavy atom. The highest BCUT2D eigenvalue weighted by Crippen LogP contribution is 2.32. The standard InChI is InChI=1S/C13H19NO5S/c1-9(2)11(8-15)14-20(16,17)10-3-4-12-13(7-10)19-6-5-18-12/h3-4,7,9,11,14-15H,5-6,8H2,1-2H3. The molecule has 0 bridgehead atoms. The van der Waals surface area contributed by atoms with E-state index in [1.165, 1.54) is 12.1 Å². The van der Waals surface area contributed by atoms with Gasteiger partial charge in [0.05, 0.1) is 11.5 Å². The van der Waals surface area contributed by atoms with Crippen molar-refractivity contribution in [2.75, 3.05) is 19.8 Å². The molecule has 1 aliphatic heterocycles. The third-order valence-electron chi connectivity index (χ3n) is 3.13. The zero-order valence-corrected chi connectivity index (χ0v) is 12.3. The van der Waals surface area contributed by atoms with Crippen LogP contribution in [-0.4, -0.2) is 39.4 Å². The lowest BCUT2D eigenvalue weighted by Gasteiger charge is -2.21. The molecule has 1 aliphatic rings. The van der Waals surface area contributed by atoms with Crippen LogP contribution in [0.2, 0.25) is 0 Å². The molecule has 112 valence electrons. The lowest BCUT2D eigenvalue weighted by atomic mass is 10.1. The monoisotopic (exact) mass is 301 g/mol. The van der Waals surface area contributed by atoms with Gasteiger partial charge in [-0.3, -0.25) is 0 Å². The summed E-state index contributed by atoms with van der Waals surface area (Å²) in [5, 5.41) is 9.23. The molecule has 2 rings (SSSR count). The van der Waals surface area contributed by atoms with Crippen molar-refractivity contribution in [1.82, 2.24) is 4.72 Å². The van der Waals surface area contributed by atoms with Gasteiger partial charge in [0.15, 0.2) is 11.5 Å². The molecule has 7 heteroatoms. The van der Waals surface area contributed by atoms with Gasteiger partial charge in [-0.05, 0) is 18.1 Å². The fourth-order valence-electron chi connectivity index (χ4n) is 1.84.